The van der Waals surface area contributed by atoms with E-state index in [2.05, 4.69) is 65.6 Å². The third kappa shape index (κ3) is 5.32. The topological polar surface area (TPSA) is 27.1 Å². The first kappa shape index (κ1) is 21.2. The number of likely N-dealkylation sites (tertiary alicyclic amines) is 1. The van der Waals surface area contributed by atoms with Gasteiger partial charge >= 0.3 is 35.0 Å². The van der Waals surface area contributed by atoms with Crippen molar-refractivity contribution in [1.29, 1.82) is 5.41 Å². The standard InChI is InChI=1S/C23H22N2.2ClH.Pd/c24-22(20-14-8-3-9-15-20)23-21(19-12-6-2-7-13-19)17-25(23)16-18-10-4-1-5-11-18;;;/h1-15,21,23-24H,16-17H2;2*1H;/q;;;+2/p-2/t21-,23+;;;/m0.../s1. The van der Waals surface area contributed by atoms with Crippen molar-refractivity contribution < 1.29 is 15.9 Å². The molecular weight excluding hydrogens is 482 g/mol. The Bertz CT molecular complexity index is 860. The van der Waals surface area contributed by atoms with Crippen LogP contribution < -0.4 is 0 Å². The minimum atomic E-state index is -0.106. The Morgan fingerprint density at radius 1 is 0.857 bits per heavy atom. The van der Waals surface area contributed by atoms with E-state index >= 15 is 0 Å². The van der Waals surface area contributed by atoms with E-state index in [1.807, 2.05) is 30.3 Å². The molecule has 148 valence electrons. The maximum atomic E-state index is 8.82. The number of hydrogen-bond acceptors (Lipinski definition) is 2. The second-order valence-electron chi connectivity index (χ2n) is 6.70. The van der Waals surface area contributed by atoms with Gasteiger partial charge in [-0.15, -0.1) is 0 Å². The molecule has 5 heteroatoms. The van der Waals surface area contributed by atoms with Gasteiger partial charge in [-0.2, -0.15) is 0 Å². The van der Waals surface area contributed by atoms with Gasteiger partial charge in [0.2, 0.25) is 0 Å². The van der Waals surface area contributed by atoms with E-state index in [4.69, 9.17) is 24.5 Å². The molecule has 0 unspecified atom stereocenters. The molecule has 4 rings (SSSR count). The van der Waals surface area contributed by atoms with Gasteiger partial charge in [0.1, 0.15) is 0 Å². The predicted octanol–water partition coefficient (Wildman–Crippen LogP) is 6.10. The molecule has 1 saturated heterocycles. The predicted molar refractivity (Wildman–Crippen MR) is 115 cm³/mol. The van der Waals surface area contributed by atoms with Crippen LogP contribution in [0.4, 0.5) is 0 Å². The first-order valence-corrected chi connectivity index (χ1v) is 13.0. The van der Waals surface area contributed by atoms with Crippen molar-refractivity contribution in [2.24, 2.45) is 0 Å². The van der Waals surface area contributed by atoms with Crippen LogP contribution in [-0.4, -0.2) is 23.2 Å². The molecule has 0 saturated carbocycles. The maximum absolute atomic E-state index is 8.82. The Hall–Kier alpha value is -1.47. The van der Waals surface area contributed by atoms with Crippen molar-refractivity contribution in [1.82, 2.24) is 4.90 Å². The van der Waals surface area contributed by atoms with Crippen LogP contribution in [0.5, 0.6) is 0 Å². The van der Waals surface area contributed by atoms with Crippen LogP contribution in [0.25, 0.3) is 0 Å². The summed E-state index contributed by atoms with van der Waals surface area (Å²) in [6.45, 7) is 1.89. The van der Waals surface area contributed by atoms with E-state index in [9.17, 15) is 0 Å². The van der Waals surface area contributed by atoms with Crippen LogP contribution in [0.3, 0.4) is 0 Å². The summed E-state index contributed by atoms with van der Waals surface area (Å²) in [6.07, 6.45) is 0. The van der Waals surface area contributed by atoms with Gasteiger partial charge in [0.25, 0.3) is 0 Å². The van der Waals surface area contributed by atoms with Crippen LogP contribution in [0, 0.1) is 5.41 Å². The van der Waals surface area contributed by atoms with Crippen LogP contribution >= 0.6 is 19.1 Å². The van der Waals surface area contributed by atoms with E-state index in [0.29, 0.717) is 5.92 Å². The molecular formula is C23H22Cl2N2Pd. The molecule has 1 heterocycles. The molecule has 1 fully saturated rings. The molecule has 0 aliphatic carbocycles. The molecule has 1 aliphatic rings. The summed E-state index contributed by atoms with van der Waals surface area (Å²) >= 11 is -0.106. The van der Waals surface area contributed by atoms with Crippen molar-refractivity contribution in [3.8, 4) is 0 Å². The molecule has 28 heavy (non-hydrogen) atoms. The summed E-state index contributed by atoms with van der Waals surface area (Å²) in [7, 11) is 9.63. The van der Waals surface area contributed by atoms with Gasteiger partial charge in [-0.05, 0) is 16.7 Å². The zero-order valence-electron chi connectivity index (χ0n) is 15.2. The Morgan fingerprint density at radius 3 is 1.93 bits per heavy atom. The fraction of sp³-hybridized carbons (Fsp3) is 0.174. The van der Waals surface area contributed by atoms with Gasteiger partial charge in [-0.25, -0.2) is 0 Å². The number of rotatable bonds is 5. The molecule has 3 aromatic rings. The molecule has 0 radical (unpaired) electrons. The second kappa shape index (κ2) is 10.9. The summed E-state index contributed by atoms with van der Waals surface area (Å²) in [6, 6.07) is 31.4. The first-order chi connectivity index (χ1) is 13.7. The van der Waals surface area contributed by atoms with Crippen LogP contribution in [0.15, 0.2) is 91.0 Å². The average molecular weight is 504 g/mol. The third-order valence-corrected chi connectivity index (χ3v) is 5.04. The molecule has 1 aliphatic heterocycles. The molecule has 0 bridgehead atoms. The van der Waals surface area contributed by atoms with Gasteiger partial charge in [0.05, 0.1) is 11.8 Å². The zero-order chi connectivity index (χ0) is 19.8. The molecule has 0 amide bonds. The van der Waals surface area contributed by atoms with Crippen molar-refractivity contribution in [3.05, 3.63) is 108 Å². The number of nitrogens with zero attached hydrogens (tertiary/aromatic N) is 1. The number of hydrogen-bond donors (Lipinski definition) is 1. The van der Waals surface area contributed by atoms with Gasteiger partial charge in [-0.1, -0.05) is 91.0 Å². The van der Waals surface area contributed by atoms with Crippen molar-refractivity contribution in [2.75, 3.05) is 6.54 Å². The van der Waals surface area contributed by atoms with Gasteiger partial charge < -0.3 is 5.41 Å². The fourth-order valence-corrected chi connectivity index (χ4v) is 3.72. The summed E-state index contributed by atoms with van der Waals surface area (Å²) in [5, 5.41) is 8.82. The van der Waals surface area contributed by atoms with E-state index in [0.717, 1.165) is 24.4 Å². The number of benzene rings is 3. The van der Waals surface area contributed by atoms with Crippen LogP contribution in [0.2, 0.25) is 0 Å². The summed E-state index contributed by atoms with van der Waals surface area (Å²) < 4.78 is 0. The summed E-state index contributed by atoms with van der Waals surface area (Å²) in [5.74, 6) is 0.387. The van der Waals surface area contributed by atoms with E-state index in [1.165, 1.54) is 11.1 Å². The molecule has 1 N–H and O–H groups in total. The molecule has 2 nitrogen and oxygen atoms in total. The van der Waals surface area contributed by atoms with Gasteiger partial charge in [-0.3, -0.25) is 4.90 Å². The first-order valence-electron chi connectivity index (χ1n) is 9.03. The third-order valence-electron chi connectivity index (χ3n) is 5.04. The van der Waals surface area contributed by atoms with Crippen molar-refractivity contribution in [2.45, 2.75) is 18.5 Å². The Balaban J connectivity index is 0.000000706. The molecule has 0 aromatic heterocycles. The Kier molecular flexibility index (Phi) is 8.28. The second-order valence-corrected chi connectivity index (χ2v) is 9.06. The van der Waals surface area contributed by atoms with Crippen LogP contribution in [0.1, 0.15) is 22.6 Å². The Labute approximate surface area is 183 Å². The zero-order valence-corrected chi connectivity index (χ0v) is 18.3. The normalized spacial score (nSPS) is 18.6. The van der Waals surface area contributed by atoms with E-state index in [1.54, 1.807) is 0 Å². The quantitative estimate of drug-likeness (QED) is 0.331. The van der Waals surface area contributed by atoms with Gasteiger partial charge in [0, 0.05) is 19.0 Å². The molecule has 2 atom stereocenters. The van der Waals surface area contributed by atoms with Gasteiger partial charge in [0.15, 0.2) is 0 Å². The van der Waals surface area contributed by atoms with Crippen molar-refractivity contribution in [3.63, 3.8) is 0 Å². The summed E-state index contributed by atoms with van der Waals surface area (Å²) in [4.78, 5) is 2.42. The Morgan fingerprint density at radius 2 is 1.36 bits per heavy atom. The average Bonchev–Trinajstić information content (AvgIpc) is 2.73. The number of nitrogens with one attached hydrogen (secondary N) is 1. The molecule has 0 spiro atoms. The molecule has 3 aromatic carbocycles. The van der Waals surface area contributed by atoms with Crippen molar-refractivity contribution >= 4 is 24.8 Å². The van der Waals surface area contributed by atoms with E-state index < -0.39 is 0 Å². The monoisotopic (exact) mass is 502 g/mol. The van der Waals surface area contributed by atoms with Crippen LogP contribution in [-0.2, 0) is 22.5 Å². The van der Waals surface area contributed by atoms with E-state index in [-0.39, 0.29) is 22.0 Å². The minimum absolute atomic E-state index is 0.106. The SMILES string of the molecule is N=C(c1ccccc1)[C@H]1[C@H](c2ccccc2)CN1Cc1ccccc1.[Cl][Pd][Cl]. The summed E-state index contributed by atoms with van der Waals surface area (Å²) in [5.41, 5.74) is 4.38. The fourth-order valence-electron chi connectivity index (χ4n) is 3.72. The number of halogens is 2.